The zero-order chi connectivity index (χ0) is 24.5. The lowest BCUT2D eigenvalue weighted by atomic mass is 10.0. The Kier molecular flexibility index (Phi) is 6.52. The van der Waals surface area contributed by atoms with E-state index >= 15 is 0 Å². The summed E-state index contributed by atoms with van der Waals surface area (Å²) < 4.78 is 33.6. The quantitative estimate of drug-likeness (QED) is 0.353. The highest BCUT2D eigenvalue weighted by atomic mass is 32.2. The maximum Gasteiger partial charge on any atom is 0.243 e. The highest BCUT2D eigenvalue weighted by Gasteiger charge is 2.30. The van der Waals surface area contributed by atoms with Crippen molar-refractivity contribution in [1.82, 2.24) is 13.6 Å². The summed E-state index contributed by atoms with van der Waals surface area (Å²) in [5, 5.41) is 1.27. The van der Waals surface area contributed by atoms with E-state index in [1.807, 2.05) is 6.07 Å². The number of aromatic nitrogens is 1. The van der Waals surface area contributed by atoms with Crippen molar-refractivity contribution in [2.24, 2.45) is 0 Å². The number of hydrogen-bond donors (Lipinski definition) is 0. The Morgan fingerprint density at radius 3 is 2.42 bits per heavy atom. The van der Waals surface area contributed by atoms with Crippen LogP contribution in [-0.2, 0) is 29.5 Å². The van der Waals surface area contributed by atoms with Gasteiger partial charge in [0.1, 0.15) is 5.82 Å². The molecule has 1 fully saturated rings. The van der Waals surface area contributed by atoms with E-state index in [0.717, 1.165) is 62.5 Å². The van der Waals surface area contributed by atoms with E-state index in [9.17, 15) is 8.42 Å². The molecule has 1 saturated heterocycles. The molecule has 2 aliphatic heterocycles. The Bertz CT molecular complexity index is 1460. The van der Waals surface area contributed by atoms with E-state index < -0.39 is 10.0 Å². The van der Waals surface area contributed by atoms with Gasteiger partial charge in [0.2, 0.25) is 10.0 Å². The van der Waals surface area contributed by atoms with Gasteiger partial charge in [-0.25, -0.2) is 8.42 Å². The molecule has 6 nitrogen and oxygen atoms in total. The largest absolute Gasteiger partial charge is 0.353 e. The Hall–Kier alpha value is -2.78. The summed E-state index contributed by atoms with van der Waals surface area (Å²) in [4.78, 5) is 5.33. The summed E-state index contributed by atoms with van der Waals surface area (Å²) >= 11 is 1.59. The summed E-state index contributed by atoms with van der Waals surface area (Å²) in [5.41, 5.74) is 3.54. The minimum absolute atomic E-state index is 0.362. The predicted octanol–water partition coefficient (Wildman–Crippen LogP) is 4.76. The summed E-state index contributed by atoms with van der Waals surface area (Å²) in [5.74, 6) is 1.14. The van der Waals surface area contributed by atoms with Crippen LogP contribution in [-0.4, -0.2) is 54.7 Å². The molecule has 186 valence electrons. The molecule has 0 amide bonds. The first-order valence-electron chi connectivity index (χ1n) is 12.6. The lowest BCUT2D eigenvalue weighted by molar-refractivity contribution is 0.255. The fourth-order valence-corrected chi connectivity index (χ4v) is 7.49. The van der Waals surface area contributed by atoms with E-state index in [-0.39, 0.29) is 0 Å². The molecule has 3 aromatic carbocycles. The number of anilines is 1. The van der Waals surface area contributed by atoms with Gasteiger partial charge in [-0.3, -0.25) is 4.90 Å². The minimum atomic E-state index is -3.47. The third-order valence-electron chi connectivity index (χ3n) is 7.32. The molecule has 8 heteroatoms. The van der Waals surface area contributed by atoms with Crippen LogP contribution < -0.4 is 4.90 Å². The molecule has 4 aromatic rings. The van der Waals surface area contributed by atoms with E-state index in [1.165, 1.54) is 15.6 Å². The average Bonchev–Trinajstić information content (AvgIpc) is 3.54. The van der Waals surface area contributed by atoms with Crippen molar-refractivity contribution in [2.75, 3.05) is 37.6 Å². The fourth-order valence-electron chi connectivity index (χ4n) is 5.27. The van der Waals surface area contributed by atoms with Gasteiger partial charge in [-0.05, 0) is 71.9 Å². The molecule has 0 bridgehead atoms. The zero-order valence-electron chi connectivity index (χ0n) is 20.2. The fraction of sp³-hybridized carbons (Fsp3) is 0.321. The number of nitrogens with zero attached hydrogens (tertiary/aromatic N) is 4. The van der Waals surface area contributed by atoms with Gasteiger partial charge in [0.05, 0.1) is 9.60 Å². The van der Waals surface area contributed by atoms with E-state index in [4.69, 9.17) is 4.37 Å². The van der Waals surface area contributed by atoms with E-state index in [1.54, 1.807) is 40.1 Å². The molecule has 0 radical (unpaired) electrons. The summed E-state index contributed by atoms with van der Waals surface area (Å²) in [6.45, 7) is 6.12. The van der Waals surface area contributed by atoms with Gasteiger partial charge < -0.3 is 4.90 Å². The van der Waals surface area contributed by atoms with Crippen LogP contribution >= 0.6 is 11.5 Å². The highest BCUT2D eigenvalue weighted by molar-refractivity contribution is 7.89. The van der Waals surface area contributed by atoms with Crippen molar-refractivity contribution >= 4 is 37.5 Å². The van der Waals surface area contributed by atoms with Crippen LogP contribution in [0.3, 0.4) is 0 Å². The van der Waals surface area contributed by atoms with Gasteiger partial charge >= 0.3 is 0 Å². The monoisotopic (exact) mass is 518 g/mol. The van der Waals surface area contributed by atoms with Crippen LogP contribution in [0, 0.1) is 0 Å². The molecule has 0 saturated carbocycles. The van der Waals surface area contributed by atoms with Gasteiger partial charge in [0.15, 0.2) is 0 Å². The molecule has 1 aromatic heterocycles. The van der Waals surface area contributed by atoms with Crippen LogP contribution in [0.2, 0.25) is 0 Å². The first kappa shape index (κ1) is 23.6. The molecule has 3 heterocycles. The second kappa shape index (κ2) is 9.94. The number of hydrogen-bond acceptors (Lipinski definition) is 6. The third kappa shape index (κ3) is 4.66. The number of sulfonamides is 1. The van der Waals surface area contributed by atoms with Crippen LogP contribution in [0.15, 0.2) is 77.7 Å². The van der Waals surface area contributed by atoms with E-state index in [2.05, 4.69) is 52.3 Å². The predicted molar refractivity (Wildman–Crippen MR) is 146 cm³/mol. The second-order valence-corrected chi connectivity index (χ2v) is 12.4. The molecular weight excluding hydrogens is 488 g/mol. The number of rotatable bonds is 7. The Balaban J connectivity index is 1.01. The van der Waals surface area contributed by atoms with Gasteiger partial charge in [0, 0.05) is 44.7 Å². The van der Waals surface area contributed by atoms with Crippen LogP contribution in [0.5, 0.6) is 0 Å². The molecule has 0 aliphatic carbocycles. The first-order valence-corrected chi connectivity index (χ1v) is 14.8. The normalized spacial score (nSPS) is 17.1. The van der Waals surface area contributed by atoms with Gasteiger partial charge in [0.25, 0.3) is 0 Å². The van der Waals surface area contributed by atoms with Crippen LogP contribution in [0.1, 0.15) is 23.1 Å². The van der Waals surface area contributed by atoms with Crippen molar-refractivity contribution in [2.45, 2.75) is 30.8 Å². The lowest BCUT2D eigenvalue weighted by Crippen LogP contribution is -2.46. The molecule has 0 spiro atoms. The smallest absolute Gasteiger partial charge is 0.243 e. The SMILES string of the molecule is O=S(=O)(c1ccccc1)N1Cc2ccc(CCCN3CCN(c4nsc5ccccc45)CC3)cc2C1. The molecule has 0 N–H and O–H groups in total. The van der Waals surface area contributed by atoms with Gasteiger partial charge in [-0.15, -0.1) is 0 Å². The van der Waals surface area contributed by atoms with Crippen LogP contribution in [0.4, 0.5) is 5.82 Å². The maximum atomic E-state index is 13.0. The molecule has 0 unspecified atom stereocenters. The summed E-state index contributed by atoms with van der Waals surface area (Å²) in [6, 6.07) is 23.7. The molecular formula is C28H30N4O2S2. The topological polar surface area (TPSA) is 56.8 Å². The van der Waals surface area contributed by atoms with Gasteiger partial charge in [-0.1, -0.05) is 48.5 Å². The third-order valence-corrected chi connectivity index (χ3v) is 9.94. The van der Waals surface area contributed by atoms with Crippen LogP contribution in [0.25, 0.3) is 10.1 Å². The summed E-state index contributed by atoms with van der Waals surface area (Å²) in [7, 11) is -3.47. The first-order chi connectivity index (χ1) is 17.6. The average molecular weight is 519 g/mol. The zero-order valence-corrected chi connectivity index (χ0v) is 21.8. The van der Waals surface area contributed by atoms with Crippen molar-refractivity contribution < 1.29 is 8.42 Å². The molecule has 36 heavy (non-hydrogen) atoms. The van der Waals surface area contributed by atoms with Crippen molar-refractivity contribution in [3.05, 3.63) is 89.5 Å². The van der Waals surface area contributed by atoms with Gasteiger partial charge in [-0.2, -0.15) is 8.68 Å². The number of benzene rings is 3. The number of fused-ring (bicyclic) bond motifs is 2. The van der Waals surface area contributed by atoms with Crippen molar-refractivity contribution in [1.29, 1.82) is 0 Å². The highest BCUT2D eigenvalue weighted by Crippen LogP contribution is 2.31. The van der Waals surface area contributed by atoms with Crippen molar-refractivity contribution in [3.63, 3.8) is 0 Å². The Morgan fingerprint density at radius 1 is 0.833 bits per heavy atom. The Labute approximate surface area is 217 Å². The number of piperazine rings is 1. The molecule has 6 rings (SSSR count). The minimum Gasteiger partial charge on any atom is -0.353 e. The Morgan fingerprint density at radius 2 is 1.58 bits per heavy atom. The second-order valence-electron chi connectivity index (χ2n) is 9.62. The standard InChI is InChI=1S/C28H30N4O2S2/c33-36(34,25-8-2-1-3-9-25)32-20-23-13-12-22(19-24(23)21-32)7-6-14-30-15-17-31(18-16-30)28-26-10-4-5-11-27(26)35-29-28/h1-5,8-13,19H,6-7,14-18,20-21H2. The number of aryl methyl sites for hydroxylation is 1. The maximum absolute atomic E-state index is 13.0. The van der Waals surface area contributed by atoms with E-state index in [0.29, 0.717) is 18.0 Å². The van der Waals surface area contributed by atoms with Crippen molar-refractivity contribution in [3.8, 4) is 0 Å². The lowest BCUT2D eigenvalue weighted by Gasteiger charge is -2.35. The molecule has 0 atom stereocenters. The summed E-state index contributed by atoms with van der Waals surface area (Å²) in [6.07, 6.45) is 2.11. The molecule has 2 aliphatic rings.